The molecule has 0 bridgehead atoms. The van der Waals surface area contributed by atoms with Crippen molar-refractivity contribution in [1.82, 2.24) is 0 Å². The average Bonchev–Trinajstić information content (AvgIpc) is 2.54. The van der Waals surface area contributed by atoms with E-state index in [0.717, 1.165) is 31.2 Å². The topological polar surface area (TPSA) is 55.7 Å². The largest absolute Gasteiger partial charge is 0.428 e. The summed E-state index contributed by atoms with van der Waals surface area (Å²) in [5.41, 5.74) is 1.57. The van der Waals surface area contributed by atoms with Crippen LogP contribution in [-0.4, -0.2) is 14.1 Å². The molecule has 0 saturated heterocycles. The zero-order valence-electron chi connectivity index (χ0n) is 14.2. The number of hydrogen-bond acceptors (Lipinski definition) is 3. The summed E-state index contributed by atoms with van der Waals surface area (Å²) in [6.45, 7) is 0. The first-order valence-corrected chi connectivity index (χ1v) is 10.7. The van der Waals surface area contributed by atoms with Crippen molar-refractivity contribution in [3.63, 3.8) is 0 Å². The first-order chi connectivity index (χ1) is 11.7. The van der Waals surface area contributed by atoms with Gasteiger partial charge in [0.05, 0.1) is 5.71 Å². The molecule has 24 heavy (non-hydrogen) atoms. The Morgan fingerprint density at radius 1 is 0.833 bits per heavy atom. The molecule has 1 aromatic rings. The van der Waals surface area contributed by atoms with Gasteiger partial charge in [-0.3, -0.25) is 0 Å². The van der Waals surface area contributed by atoms with E-state index in [1.165, 1.54) is 44.9 Å². The molecule has 5 heteroatoms. The molecule has 3 rings (SSSR count). The number of nitrogens with zero attached hydrogens (tertiary/aromatic N) is 1. The molecule has 0 spiro atoms. The summed E-state index contributed by atoms with van der Waals surface area (Å²) in [5, 5.41) is 0. The number of para-hydroxylation sites is 1. The first kappa shape index (κ1) is 17.5. The SMILES string of the molecule is O=S1(=O)N=C(C2CCCCCCCCCCC2)c2ccccc2O1. The Bertz CT molecular complexity index is 670. The fourth-order valence-electron chi connectivity index (χ4n) is 3.78. The lowest BCUT2D eigenvalue weighted by Gasteiger charge is -2.24. The summed E-state index contributed by atoms with van der Waals surface area (Å²) < 4.78 is 33.1. The monoisotopic (exact) mass is 349 g/mol. The lowest BCUT2D eigenvalue weighted by molar-refractivity contribution is 0.458. The molecule has 1 aliphatic carbocycles. The second-order valence-corrected chi connectivity index (χ2v) is 8.14. The van der Waals surface area contributed by atoms with E-state index in [1.54, 1.807) is 12.1 Å². The van der Waals surface area contributed by atoms with Crippen LogP contribution in [0.1, 0.15) is 76.2 Å². The molecule has 4 nitrogen and oxygen atoms in total. The van der Waals surface area contributed by atoms with Gasteiger partial charge in [-0.1, -0.05) is 69.9 Å². The third-order valence-electron chi connectivity index (χ3n) is 5.06. The summed E-state index contributed by atoms with van der Waals surface area (Å²) in [6, 6.07) is 7.37. The van der Waals surface area contributed by atoms with Crippen LogP contribution in [0.2, 0.25) is 0 Å². The highest BCUT2D eigenvalue weighted by molar-refractivity contribution is 7.86. The molecule has 1 aliphatic heterocycles. The summed E-state index contributed by atoms with van der Waals surface area (Å²) in [6.07, 6.45) is 13.4. The first-order valence-electron chi connectivity index (χ1n) is 9.29. The highest BCUT2D eigenvalue weighted by Crippen LogP contribution is 2.33. The molecule has 1 aromatic carbocycles. The van der Waals surface area contributed by atoms with E-state index >= 15 is 0 Å². The normalized spacial score (nSPS) is 23.1. The van der Waals surface area contributed by atoms with Gasteiger partial charge in [0.1, 0.15) is 0 Å². The Hall–Kier alpha value is -1.36. The molecule has 0 N–H and O–H groups in total. The van der Waals surface area contributed by atoms with Crippen molar-refractivity contribution in [3.05, 3.63) is 29.8 Å². The predicted molar refractivity (Wildman–Crippen MR) is 96.8 cm³/mol. The zero-order valence-corrected chi connectivity index (χ0v) is 15.1. The predicted octanol–water partition coefficient (Wildman–Crippen LogP) is 5.03. The smallest absolute Gasteiger partial charge is 0.365 e. The summed E-state index contributed by atoms with van der Waals surface area (Å²) >= 11 is 0. The summed E-state index contributed by atoms with van der Waals surface area (Å²) in [7, 11) is -3.86. The molecule has 132 valence electrons. The van der Waals surface area contributed by atoms with Gasteiger partial charge in [0.2, 0.25) is 0 Å². The maximum Gasteiger partial charge on any atom is 0.428 e. The van der Waals surface area contributed by atoms with Gasteiger partial charge < -0.3 is 4.18 Å². The van der Waals surface area contributed by atoms with E-state index < -0.39 is 10.3 Å². The van der Waals surface area contributed by atoms with Crippen molar-refractivity contribution in [2.24, 2.45) is 10.3 Å². The maximum absolute atomic E-state index is 12.0. The van der Waals surface area contributed by atoms with Crippen LogP contribution in [0.15, 0.2) is 28.7 Å². The molecule has 0 unspecified atom stereocenters. The third-order valence-corrected chi connectivity index (χ3v) is 5.87. The Morgan fingerprint density at radius 2 is 1.38 bits per heavy atom. The number of fused-ring (bicyclic) bond motifs is 1. The fourth-order valence-corrected chi connectivity index (χ4v) is 4.68. The molecule has 0 radical (unpaired) electrons. The fraction of sp³-hybridized carbons (Fsp3) is 0.632. The van der Waals surface area contributed by atoms with E-state index in [9.17, 15) is 8.42 Å². The van der Waals surface area contributed by atoms with Gasteiger partial charge in [0, 0.05) is 11.5 Å². The van der Waals surface area contributed by atoms with E-state index in [4.69, 9.17) is 4.18 Å². The van der Waals surface area contributed by atoms with Crippen molar-refractivity contribution in [2.75, 3.05) is 0 Å². The second kappa shape index (κ2) is 8.15. The maximum atomic E-state index is 12.0. The van der Waals surface area contributed by atoms with Gasteiger partial charge in [-0.05, 0) is 25.0 Å². The highest BCUT2D eigenvalue weighted by Gasteiger charge is 2.29. The number of rotatable bonds is 1. The van der Waals surface area contributed by atoms with Crippen molar-refractivity contribution in [3.8, 4) is 5.75 Å². The van der Waals surface area contributed by atoms with Crippen molar-refractivity contribution in [2.45, 2.75) is 70.6 Å². The van der Waals surface area contributed by atoms with Crippen LogP contribution >= 0.6 is 0 Å². The van der Waals surface area contributed by atoms with E-state index in [0.29, 0.717) is 11.5 Å². The molecule has 2 aliphatic rings. The molecule has 0 aromatic heterocycles. The molecular weight excluding hydrogens is 322 g/mol. The van der Waals surface area contributed by atoms with Gasteiger partial charge in [0.25, 0.3) is 0 Å². The minimum Gasteiger partial charge on any atom is -0.365 e. The van der Waals surface area contributed by atoms with Crippen molar-refractivity contribution in [1.29, 1.82) is 0 Å². The van der Waals surface area contributed by atoms with Crippen LogP contribution in [0.3, 0.4) is 0 Å². The van der Waals surface area contributed by atoms with Crippen LogP contribution in [0, 0.1) is 5.92 Å². The van der Waals surface area contributed by atoms with Crippen LogP contribution in [0.5, 0.6) is 5.75 Å². The lowest BCUT2D eigenvalue weighted by atomic mass is 9.86. The zero-order chi connectivity index (χ0) is 16.8. The standard InChI is InChI=1S/C19H27NO3S/c21-24(22)20-19(17-14-10-11-15-18(17)23-24)16-12-8-6-4-2-1-3-5-7-9-13-16/h10-11,14-16H,1-9,12-13H2. The van der Waals surface area contributed by atoms with Gasteiger partial charge in [-0.2, -0.15) is 8.42 Å². The lowest BCUT2D eigenvalue weighted by Crippen LogP contribution is -2.25. The molecule has 1 heterocycles. The van der Waals surface area contributed by atoms with Crippen LogP contribution in [-0.2, 0) is 10.3 Å². The third kappa shape index (κ3) is 4.59. The van der Waals surface area contributed by atoms with E-state index in [1.807, 2.05) is 12.1 Å². The Labute approximate surface area is 145 Å². The average molecular weight is 349 g/mol. The highest BCUT2D eigenvalue weighted by atomic mass is 32.2. The Kier molecular flexibility index (Phi) is 5.93. The molecule has 1 fully saturated rings. The minimum atomic E-state index is -3.86. The number of hydrogen-bond donors (Lipinski definition) is 0. The Morgan fingerprint density at radius 3 is 2.00 bits per heavy atom. The van der Waals surface area contributed by atoms with Gasteiger partial charge in [0.15, 0.2) is 5.75 Å². The van der Waals surface area contributed by atoms with Crippen LogP contribution < -0.4 is 4.18 Å². The van der Waals surface area contributed by atoms with Gasteiger partial charge >= 0.3 is 10.3 Å². The number of benzene rings is 1. The van der Waals surface area contributed by atoms with Crippen LogP contribution in [0.25, 0.3) is 0 Å². The second-order valence-electron chi connectivity index (χ2n) is 6.94. The summed E-state index contributed by atoms with van der Waals surface area (Å²) in [4.78, 5) is 0. The Balaban J connectivity index is 1.83. The molecule has 1 saturated carbocycles. The van der Waals surface area contributed by atoms with Crippen molar-refractivity contribution < 1.29 is 12.6 Å². The van der Waals surface area contributed by atoms with E-state index in [2.05, 4.69) is 4.40 Å². The minimum absolute atomic E-state index is 0.212. The van der Waals surface area contributed by atoms with Crippen LogP contribution in [0.4, 0.5) is 0 Å². The van der Waals surface area contributed by atoms with Gasteiger partial charge in [-0.25, -0.2) is 0 Å². The van der Waals surface area contributed by atoms with E-state index in [-0.39, 0.29) is 5.92 Å². The molecule has 0 atom stereocenters. The summed E-state index contributed by atoms with van der Waals surface area (Å²) in [5.74, 6) is 0.637. The quantitative estimate of drug-likeness (QED) is 0.714. The molecular formula is C19H27NO3S. The molecule has 0 amide bonds. The van der Waals surface area contributed by atoms with Gasteiger partial charge in [-0.15, -0.1) is 4.40 Å². The van der Waals surface area contributed by atoms with Crippen molar-refractivity contribution >= 4 is 16.0 Å².